The van der Waals surface area contributed by atoms with E-state index in [0.717, 1.165) is 11.4 Å². The summed E-state index contributed by atoms with van der Waals surface area (Å²) in [7, 11) is 0. The Labute approximate surface area is 99.0 Å². The van der Waals surface area contributed by atoms with E-state index in [4.69, 9.17) is 11.6 Å². The fourth-order valence-corrected chi connectivity index (χ4v) is 2.44. The summed E-state index contributed by atoms with van der Waals surface area (Å²) in [6.07, 6.45) is 5.35. The molecule has 1 aromatic carbocycles. The van der Waals surface area contributed by atoms with Crippen LogP contribution in [0.5, 0.6) is 0 Å². The number of fused-ring (bicyclic) bond motifs is 1. The van der Waals surface area contributed by atoms with E-state index in [0.29, 0.717) is 5.88 Å². The summed E-state index contributed by atoms with van der Waals surface area (Å²) in [5.41, 5.74) is 4.90. The van der Waals surface area contributed by atoms with Gasteiger partial charge in [0.1, 0.15) is 0 Å². The maximum absolute atomic E-state index is 5.84. The smallest absolute Gasteiger partial charge is 0.0793 e. The normalized spacial score (nSPS) is 14.1. The SMILES string of the molecule is ClCc1cnnn1-c1ccc2c(c1)CCC2. The van der Waals surface area contributed by atoms with E-state index in [1.165, 1.54) is 30.4 Å². The molecule has 0 saturated heterocycles. The molecular weight excluding hydrogens is 222 g/mol. The average molecular weight is 234 g/mol. The highest BCUT2D eigenvalue weighted by Gasteiger charge is 2.12. The van der Waals surface area contributed by atoms with E-state index in [-0.39, 0.29) is 0 Å². The second-order valence-electron chi connectivity index (χ2n) is 4.08. The molecule has 0 N–H and O–H groups in total. The van der Waals surface area contributed by atoms with Crippen LogP contribution in [0, 0.1) is 0 Å². The number of aromatic nitrogens is 3. The first-order valence-corrected chi connectivity index (χ1v) is 5.99. The molecule has 3 rings (SSSR count). The van der Waals surface area contributed by atoms with Gasteiger partial charge in [0.15, 0.2) is 0 Å². The van der Waals surface area contributed by atoms with E-state index in [9.17, 15) is 0 Å². The number of benzene rings is 1. The van der Waals surface area contributed by atoms with Gasteiger partial charge >= 0.3 is 0 Å². The summed E-state index contributed by atoms with van der Waals surface area (Å²) in [6, 6.07) is 6.49. The third-order valence-electron chi connectivity index (χ3n) is 3.08. The molecule has 2 aromatic rings. The zero-order chi connectivity index (χ0) is 11.0. The third-order valence-corrected chi connectivity index (χ3v) is 3.36. The molecular formula is C12H12ClN3. The molecule has 0 unspecified atom stereocenters. The molecule has 3 nitrogen and oxygen atoms in total. The summed E-state index contributed by atoms with van der Waals surface area (Å²) < 4.78 is 1.81. The predicted molar refractivity (Wildman–Crippen MR) is 62.9 cm³/mol. The molecule has 1 aromatic heterocycles. The van der Waals surface area contributed by atoms with Crippen LogP contribution in [0.1, 0.15) is 23.2 Å². The summed E-state index contributed by atoms with van der Waals surface area (Å²) in [5, 5.41) is 7.96. The molecule has 82 valence electrons. The second-order valence-corrected chi connectivity index (χ2v) is 4.34. The zero-order valence-electron chi connectivity index (χ0n) is 8.86. The van der Waals surface area contributed by atoms with Crippen LogP contribution in [-0.4, -0.2) is 15.0 Å². The minimum atomic E-state index is 0.435. The number of halogens is 1. The van der Waals surface area contributed by atoms with Crippen LogP contribution in [0.15, 0.2) is 24.4 Å². The van der Waals surface area contributed by atoms with Gasteiger partial charge in [-0.15, -0.1) is 16.7 Å². The molecule has 1 aliphatic rings. The minimum Gasteiger partial charge on any atom is -0.216 e. The fourth-order valence-electron chi connectivity index (χ4n) is 2.25. The van der Waals surface area contributed by atoms with E-state index < -0.39 is 0 Å². The van der Waals surface area contributed by atoms with Crippen LogP contribution in [0.2, 0.25) is 0 Å². The first-order chi connectivity index (χ1) is 7.88. The molecule has 0 fully saturated rings. The van der Waals surface area contributed by atoms with Gasteiger partial charge in [-0.05, 0) is 42.5 Å². The fraction of sp³-hybridized carbons (Fsp3) is 0.333. The quantitative estimate of drug-likeness (QED) is 0.747. The van der Waals surface area contributed by atoms with Crippen molar-refractivity contribution >= 4 is 11.6 Å². The summed E-state index contributed by atoms with van der Waals surface area (Å²) in [6.45, 7) is 0. The van der Waals surface area contributed by atoms with Gasteiger partial charge in [-0.25, -0.2) is 4.68 Å². The number of rotatable bonds is 2. The summed E-state index contributed by atoms with van der Waals surface area (Å²) in [5.74, 6) is 0.435. The van der Waals surface area contributed by atoms with Crippen molar-refractivity contribution in [3.63, 3.8) is 0 Å². The van der Waals surface area contributed by atoms with Crippen LogP contribution in [0.25, 0.3) is 5.69 Å². The maximum atomic E-state index is 5.84. The standard InChI is InChI=1S/C12H12ClN3/c13-7-12-8-14-15-16(12)11-5-4-9-2-1-3-10(9)6-11/h4-6,8H,1-3,7H2. The molecule has 1 aliphatic carbocycles. The van der Waals surface area contributed by atoms with E-state index in [1.807, 2.05) is 4.68 Å². The van der Waals surface area contributed by atoms with Crippen molar-refractivity contribution in [1.82, 2.24) is 15.0 Å². The topological polar surface area (TPSA) is 30.7 Å². The lowest BCUT2D eigenvalue weighted by molar-refractivity contribution is 0.780. The molecule has 0 saturated carbocycles. The van der Waals surface area contributed by atoms with Crippen molar-refractivity contribution in [2.24, 2.45) is 0 Å². The van der Waals surface area contributed by atoms with E-state index in [2.05, 4.69) is 28.5 Å². The molecule has 0 aliphatic heterocycles. The molecule has 0 amide bonds. The maximum Gasteiger partial charge on any atom is 0.0793 e. The Hall–Kier alpha value is -1.35. The van der Waals surface area contributed by atoms with Gasteiger partial charge in [-0.1, -0.05) is 11.3 Å². The Morgan fingerprint density at radius 3 is 3.00 bits per heavy atom. The number of alkyl halides is 1. The van der Waals surface area contributed by atoms with Crippen LogP contribution >= 0.6 is 11.6 Å². The van der Waals surface area contributed by atoms with Crippen LogP contribution in [-0.2, 0) is 18.7 Å². The molecule has 16 heavy (non-hydrogen) atoms. The van der Waals surface area contributed by atoms with Gasteiger partial charge in [-0.2, -0.15) is 0 Å². The highest BCUT2D eigenvalue weighted by Crippen LogP contribution is 2.24. The highest BCUT2D eigenvalue weighted by atomic mass is 35.5. The van der Waals surface area contributed by atoms with Crippen molar-refractivity contribution in [2.75, 3.05) is 0 Å². The second kappa shape index (κ2) is 3.91. The lowest BCUT2D eigenvalue weighted by Crippen LogP contribution is -2.01. The van der Waals surface area contributed by atoms with Crippen molar-refractivity contribution in [3.05, 3.63) is 41.2 Å². The monoisotopic (exact) mass is 233 g/mol. The van der Waals surface area contributed by atoms with Gasteiger partial charge in [0.2, 0.25) is 0 Å². The Bertz CT molecular complexity index is 519. The number of hydrogen-bond acceptors (Lipinski definition) is 2. The first kappa shape index (κ1) is 9.85. The average Bonchev–Trinajstić information content (AvgIpc) is 2.96. The Kier molecular flexibility index (Phi) is 2.40. The van der Waals surface area contributed by atoms with Gasteiger partial charge in [-0.3, -0.25) is 0 Å². The lowest BCUT2D eigenvalue weighted by atomic mass is 10.1. The lowest BCUT2D eigenvalue weighted by Gasteiger charge is -2.06. The molecule has 0 bridgehead atoms. The summed E-state index contributed by atoms with van der Waals surface area (Å²) >= 11 is 5.84. The van der Waals surface area contributed by atoms with Crippen molar-refractivity contribution in [2.45, 2.75) is 25.1 Å². The summed E-state index contributed by atoms with van der Waals surface area (Å²) in [4.78, 5) is 0. The van der Waals surface area contributed by atoms with Crippen LogP contribution < -0.4 is 0 Å². The van der Waals surface area contributed by atoms with Crippen LogP contribution in [0.4, 0.5) is 0 Å². The number of hydrogen-bond donors (Lipinski definition) is 0. The zero-order valence-corrected chi connectivity index (χ0v) is 9.61. The van der Waals surface area contributed by atoms with Gasteiger partial charge in [0.25, 0.3) is 0 Å². The van der Waals surface area contributed by atoms with E-state index >= 15 is 0 Å². The Morgan fingerprint density at radius 2 is 2.12 bits per heavy atom. The number of aryl methyl sites for hydroxylation is 2. The van der Waals surface area contributed by atoms with Gasteiger partial charge in [0.05, 0.1) is 23.5 Å². The minimum absolute atomic E-state index is 0.435. The van der Waals surface area contributed by atoms with Crippen molar-refractivity contribution in [1.29, 1.82) is 0 Å². The van der Waals surface area contributed by atoms with Gasteiger partial charge in [0, 0.05) is 0 Å². The highest BCUT2D eigenvalue weighted by molar-refractivity contribution is 6.16. The molecule has 1 heterocycles. The molecule has 0 spiro atoms. The molecule has 4 heteroatoms. The van der Waals surface area contributed by atoms with Crippen LogP contribution in [0.3, 0.4) is 0 Å². The van der Waals surface area contributed by atoms with E-state index in [1.54, 1.807) is 6.20 Å². The Morgan fingerprint density at radius 1 is 1.25 bits per heavy atom. The molecule has 0 radical (unpaired) electrons. The first-order valence-electron chi connectivity index (χ1n) is 5.46. The van der Waals surface area contributed by atoms with Crippen molar-refractivity contribution < 1.29 is 0 Å². The third kappa shape index (κ3) is 1.52. The predicted octanol–water partition coefficient (Wildman–Crippen LogP) is 2.49. The largest absolute Gasteiger partial charge is 0.216 e. The van der Waals surface area contributed by atoms with Crippen molar-refractivity contribution in [3.8, 4) is 5.69 Å². The number of nitrogens with zero attached hydrogens (tertiary/aromatic N) is 3. The Balaban J connectivity index is 2.07. The molecule has 0 atom stereocenters. The van der Waals surface area contributed by atoms with Gasteiger partial charge < -0.3 is 0 Å².